The van der Waals surface area contributed by atoms with E-state index in [1.807, 2.05) is 29.2 Å². The van der Waals surface area contributed by atoms with E-state index in [1.54, 1.807) is 18.4 Å². The van der Waals surface area contributed by atoms with Crippen LogP contribution in [0.15, 0.2) is 35.8 Å². The highest BCUT2D eigenvalue weighted by Gasteiger charge is 2.27. The van der Waals surface area contributed by atoms with Crippen molar-refractivity contribution in [3.05, 3.63) is 46.6 Å². The quantitative estimate of drug-likeness (QED) is 0.508. The van der Waals surface area contributed by atoms with Gasteiger partial charge in [0.1, 0.15) is 0 Å². The van der Waals surface area contributed by atoms with Gasteiger partial charge in [-0.05, 0) is 25.0 Å². The number of hydrogen-bond donors (Lipinski definition) is 0. The predicted molar refractivity (Wildman–Crippen MR) is 118 cm³/mol. The van der Waals surface area contributed by atoms with Crippen LogP contribution in [0.4, 0.5) is 0 Å². The van der Waals surface area contributed by atoms with E-state index in [0.29, 0.717) is 25.6 Å². The van der Waals surface area contributed by atoms with Crippen molar-refractivity contribution in [2.24, 2.45) is 5.92 Å². The van der Waals surface area contributed by atoms with Crippen LogP contribution in [0, 0.1) is 5.92 Å². The van der Waals surface area contributed by atoms with Crippen molar-refractivity contribution in [2.75, 3.05) is 26.8 Å². The van der Waals surface area contributed by atoms with Gasteiger partial charge in [0.15, 0.2) is 4.96 Å². The molecule has 0 radical (unpaired) electrons. The Kier molecular flexibility index (Phi) is 6.53. The molecule has 0 unspecified atom stereocenters. The van der Waals surface area contributed by atoms with E-state index < -0.39 is 0 Å². The summed E-state index contributed by atoms with van der Waals surface area (Å²) in [5.74, 6) is 0.484. The minimum absolute atomic E-state index is 0.194. The molecule has 4 rings (SSSR count). The van der Waals surface area contributed by atoms with E-state index in [2.05, 4.69) is 16.0 Å². The molecule has 0 aliphatic heterocycles. The number of fused-ring (bicyclic) bond motifs is 1. The molecule has 0 N–H and O–H groups in total. The standard InChI is InChI=1S/C22H26ClN3O2S/c1-28-13-12-25(21(27)17-4-2-3-5-17)11-10-19-15-29-22-24-20(14-26(19)22)16-6-8-18(23)9-7-16/h6-9,14-15,17H,2-5,10-13H2,1H3. The topological polar surface area (TPSA) is 46.8 Å². The third-order valence-corrected chi connectivity index (χ3v) is 6.78. The van der Waals surface area contributed by atoms with Crippen LogP contribution in [0.2, 0.25) is 5.02 Å². The smallest absolute Gasteiger partial charge is 0.225 e. The lowest BCUT2D eigenvalue weighted by atomic mass is 10.1. The number of amides is 1. The van der Waals surface area contributed by atoms with Gasteiger partial charge in [0.05, 0.1) is 12.3 Å². The summed E-state index contributed by atoms with van der Waals surface area (Å²) in [4.78, 5) is 20.6. The highest BCUT2D eigenvalue weighted by molar-refractivity contribution is 7.15. The SMILES string of the molecule is COCCN(CCc1csc2nc(-c3ccc(Cl)cc3)cn12)C(=O)C1CCCC1. The van der Waals surface area contributed by atoms with Crippen LogP contribution < -0.4 is 0 Å². The summed E-state index contributed by atoms with van der Waals surface area (Å²) in [5, 5.41) is 2.86. The highest BCUT2D eigenvalue weighted by atomic mass is 35.5. The minimum atomic E-state index is 0.194. The number of carbonyl (C=O) groups excluding carboxylic acids is 1. The molecule has 3 aromatic rings. The average Bonchev–Trinajstić information content (AvgIpc) is 3.46. The van der Waals surface area contributed by atoms with Gasteiger partial charge in [-0.3, -0.25) is 9.20 Å². The lowest BCUT2D eigenvalue weighted by molar-refractivity contribution is -0.136. The molecular formula is C22H26ClN3O2S. The molecule has 0 bridgehead atoms. The lowest BCUT2D eigenvalue weighted by Gasteiger charge is -2.25. The van der Waals surface area contributed by atoms with Crippen molar-refractivity contribution in [1.82, 2.24) is 14.3 Å². The predicted octanol–water partition coefficient (Wildman–Crippen LogP) is 4.92. The first-order valence-electron chi connectivity index (χ1n) is 10.1. The maximum absolute atomic E-state index is 12.9. The Hall–Kier alpha value is -1.89. The Labute approximate surface area is 180 Å². The maximum atomic E-state index is 12.9. The van der Waals surface area contributed by atoms with Crippen molar-refractivity contribution in [2.45, 2.75) is 32.1 Å². The Balaban J connectivity index is 1.48. The maximum Gasteiger partial charge on any atom is 0.225 e. The number of rotatable bonds is 8. The van der Waals surface area contributed by atoms with Crippen LogP contribution in [-0.4, -0.2) is 47.0 Å². The Morgan fingerprint density at radius 1 is 1.28 bits per heavy atom. The molecule has 7 heteroatoms. The monoisotopic (exact) mass is 431 g/mol. The second-order valence-electron chi connectivity index (χ2n) is 7.56. The van der Waals surface area contributed by atoms with E-state index >= 15 is 0 Å². The van der Waals surface area contributed by atoms with Crippen LogP contribution in [0.3, 0.4) is 0 Å². The summed E-state index contributed by atoms with van der Waals surface area (Å²) in [6, 6.07) is 7.74. The van der Waals surface area contributed by atoms with E-state index in [9.17, 15) is 4.79 Å². The molecule has 1 fully saturated rings. The molecule has 5 nitrogen and oxygen atoms in total. The number of thiazole rings is 1. The molecule has 0 atom stereocenters. The van der Waals surface area contributed by atoms with Crippen LogP contribution in [-0.2, 0) is 16.0 Å². The van der Waals surface area contributed by atoms with Gasteiger partial charge in [0, 0.05) is 60.4 Å². The van der Waals surface area contributed by atoms with Crippen LogP contribution >= 0.6 is 22.9 Å². The Bertz CT molecular complexity index is 960. The molecule has 1 amide bonds. The molecular weight excluding hydrogens is 406 g/mol. The second-order valence-corrected chi connectivity index (χ2v) is 8.84. The van der Waals surface area contributed by atoms with Gasteiger partial charge in [0.2, 0.25) is 5.91 Å². The van der Waals surface area contributed by atoms with Gasteiger partial charge in [-0.15, -0.1) is 11.3 Å². The summed E-state index contributed by atoms with van der Waals surface area (Å²) in [5.41, 5.74) is 3.17. The molecule has 0 spiro atoms. The number of ether oxygens (including phenoxy) is 1. The third-order valence-electron chi connectivity index (χ3n) is 5.64. The number of carbonyl (C=O) groups is 1. The van der Waals surface area contributed by atoms with Crippen LogP contribution in [0.5, 0.6) is 0 Å². The minimum Gasteiger partial charge on any atom is -0.383 e. The van der Waals surface area contributed by atoms with E-state index in [-0.39, 0.29) is 5.92 Å². The van der Waals surface area contributed by atoms with Crippen molar-refractivity contribution in [3.63, 3.8) is 0 Å². The lowest BCUT2D eigenvalue weighted by Crippen LogP contribution is -2.39. The van der Waals surface area contributed by atoms with Crippen molar-refractivity contribution < 1.29 is 9.53 Å². The summed E-state index contributed by atoms with van der Waals surface area (Å²) < 4.78 is 7.38. The molecule has 1 aliphatic rings. The third kappa shape index (κ3) is 4.65. The number of benzene rings is 1. The second kappa shape index (κ2) is 9.28. The molecule has 2 heterocycles. The first-order valence-corrected chi connectivity index (χ1v) is 11.4. The normalized spacial score (nSPS) is 14.7. The molecule has 154 valence electrons. The number of nitrogens with zero attached hydrogens (tertiary/aromatic N) is 3. The van der Waals surface area contributed by atoms with Gasteiger partial charge < -0.3 is 9.64 Å². The average molecular weight is 432 g/mol. The fourth-order valence-corrected chi connectivity index (χ4v) is 5.02. The van der Waals surface area contributed by atoms with Crippen molar-refractivity contribution >= 4 is 33.8 Å². The van der Waals surface area contributed by atoms with Gasteiger partial charge in [-0.25, -0.2) is 4.98 Å². The van der Waals surface area contributed by atoms with Gasteiger partial charge in [0.25, 0.3) is 0 Å². The summed E-state index contributed by atoms with van der Waals surface area (Å²) >= 11 is 7.63. The summed E-state index contributed by atoms with van der Waals surface area (Å²) in [6.45, 7) is 1.93. The first-order chi connectivity index (χ1) is 14.2. The first kappa shape index (κ1) is 20.4. The molecule has 29 heavy (non-hydrogen) atoms. The van der Waals surface area contributed by atoms with Crippen LogP contribution in [0.1, 0.15) is 31.4 Å². The highest BCUT2D eigenvalue weighted by Crippen LogP contribution is 2.28. The number of halogens is 1. The largest absolute Gasteiger partial charge is 0.383 e. The zero-order chi connectivity index (χ0) is 20.2. The van der Waals surface area contributed by atoms with Gasteiger partial charge in [-0.1, -0.05) is 36.6 Å². The number of hydrogen-bond acceptors (Lipinski definition) is 4. The number of imidazole rings is 1. The molecule has 1 aromatic carbocycles. The molecule has 1 aliphatic carbocycles. The van der Waals surface area contributed by atoms with Crippen LogP contribution in [0.25, 0.3) is 16.2 Å². The zero-order valence-electron chi connectivity index (χ0n) is 16.6. The summed E-state index contributed by atoms with van der Waals surface area (Å²) in [6.07, 6.45) is 7.26. The number of aromatic nitrogens is 2. The van der Waals surface area contributed by atoms with Crippen molar-refractivity contribution in [1.29, 1.82) is 0 Å². The van der Waals surface area contributed by atoms with Gasteiger partial charge >= 0.3 is 0 Å². The molecule has 0 saturated heterocycles. The van der Waals surface area contributed by atoms with E-state index in [4.69, 9.17) is 21.3 Å². The molecule has 1 saturated carbocycles. The van der Waals surface area contributed by atoms with E-state index in [0.717, 1.165) is 40.5 Å². The molecule has 2 aromatic heterocycles. The Morgan fingerprint density at radius 2 is 2.03 bits per heavy atom. The summed E-state index contributed by atoms with van der Waals surface area (Å²) in [7, 11) is 1.68. The fourth-order valence-electron chi connectivity index (χ4n) is 3.98. The van der Waals surface area contributed by atoms with E-state index in [1.165, 1.54) is 18.5 Å². The fraction of sp³-hybridized carbons (Fsp3) is 0.455. The Morgan fingerprint density at radius 3 is 2.76 bits per heavy atom. The zero-order valence-corrected chi connectivity index (χ0v) is 18.2. The van der Waals surface area contributed by atoms with Gasteiger partial charge in [-0.2, -0.15) is 0 Å². The number of methoxy groups -OCH3 is 1. The van der Waals surface area contributed by atoms with Crippen molar-refractivity contribution in [3.8, 4) is 11.3 Å².